The van der Waals surface area contributed by atoms with Gasteiger partial charge in [0.25, 0.3) is 0 Å². The number of nitrogens with two attached hydrogens (primary N) is 1. The molecule has 0 aliphatic carbocycles. The molecule has 0 saturated heterocycles. The van der Waals surface area contributed by atoms with Crippen molar-refractivity contribution < 1.29 is 9.53 Å². The summed E-state index contributed by atoms with van der Waals surface area (Å²) in [5.74, 6) is -0.491. The number of hydrogen-bond donors (Lipinski definition) is 1. The van der Waals surface area contributed by atoms with Gasteiger partial charge in [-0.25, -0.2) is 19.4 Å². The zero-order valence-corrected chi connectivity index (χ0v) is 10.6. The molecule has 0 aliphatic rings. The quantitative estimate of drug-likeness (QED) is 0.817. The fourth-order valence-corrected chi connectivity index (χ4v) is 2.01. The van der Waals surface area contributed by atoms with Crippen molar-refractivity contribution in [3.8, 4) is 0 Å². The summed E-state index contributed by atoms with van der Waals surface area (Å²) >= 11 is 1.29. The summed E-state index contributed by atoms with van der Waals surface area (Å²) in [5.41, 5.74) is 6.23. The lowest BCUT2D eigenvalue weighted by Gasteiger charge is -2.05. The average Bonchev–Trinajstić information content (AvgIpc) is 2.76. The molecule has 0 fully saturated rings. The first kappa shape index (κ1) is 12.4. The Hall–Kier alpha value is -2.09. The molecule has 7 nitrogen and oxygen atoms in total. The number of carbonyl (C=O) groups excluding carboxylic acids is 1. The maximum atomic E-state index is 11.5. The average molecular weight is 265 g/mol. The number of nitrogen functional groups attached to an aromatic ring is 1. The van der Waals surface area contributed by atoms with Crippen LogP contribution in [-0.4, -0.2) is 32.8 Å². The van der Waals surface area contributed by atoms with Gasteiger partial charge in [0.15, 0.2) is 5.16 Å². The predicted octanol–water partition coefficient (Wildman–Crippen LogP) is 0.730. The van der Waals surface area contributed by atoms with Gasteiger partial charge in [0.2, 0.25) is 0 Å². The lowest BCUT2D eigenvalue weighted by molar-refractivity contribution is 0.0601. The summed E-state index contributed by atoms with van der Waals surface area (Å²) in [5, 5.41) is 5.21. The summed E-state index contributed by atoms with van der Waals surface area (Å²) in [6.07, 6.45) is 2.87. The molecule has 0 bridgehead atoms. The van der Waals surface area contributed by atoms with Crippen LogP contribution in [0.2, 0.25) is 0 Å². The third-order valence-corrected chi connectivity index (χ3v) is 3.17. The number of pyridine rings is 1. The number of anilines is 1. The van der Waals surface area contributed by atoms with E-state index in [0.717, 1.165) is 0 Å². The van der Waals surface area contributed by atoms with E-state index in [0.29, 0.717) is 10.2 Å². The number of carbonyl (C=O) groups is 1. The first-order valence-electron chi connectivity index (χ1n) is 4.97. The van der Waals surface area contributed by atoms with Crippen molar-refractivity contribution in [2.45, 2.75) is 10.2 Å². The van der Waals surface area contributed by atoms with Crippen LogP contribution in [0.5, 0.6) is 0 Å². The Morgan fingerprint density at radius 1 is 1.50 bits per heavy atom. The number of esters is 1. The highest BCUT2D eigenvalue weighted by Crippen LogP contribution is 2.25. The molecule has 0 saturated carbocycles. The second kappa shape index (κ2) is 5.05. The largest absolute Gasteiger partial charge is 0.465 e. The topological polar surface area (TPSA) is 95.9 Å². The molecule has 18 heavy (non-hydrogen) atoms. The van der Waals surface area contributed by atoms with Gasteiger partial charge in [0.1, 0.15) is 11.4 Å². The summed E-state index contributed by atoms with van der Waals surface area (Å²) in [6, 6.07) is 1.57. The van der Waals surface area contributed by atoms with Crippen molar-refractivity contribution in [2.24, 2.45) is 7.05 Å². The van der Waals surface area contributed by atoms with Gasteiger partial charge in [-0.05, 0) is 17.8 Å². The summed E-state index contributed by atoms with van der Waals surface area (Å²) in [4.78, 5) is 19.7. The summed E-state index contributed by atoms with van der Waals surface area (Å²) in [6.45, 7) is 0. The van der Waals surface area contributed by atoms with Crippen LogP contribution < -0.4 is 5.73 Å². The van der Waals surface area contributed by atoms with Gasteiger partial charge >= 0.3 is 5.97 Å². The minimum atomic E-state index is -0.491. The van der Waals surface area contributed by atoms with E-state index in [1.165, 1.54) is 31.4 Å². The molecule has 0 radical (unpaired) electrons. The summed E-state index contributed by atoms with van der Waals surface area (Å²) in [7, 11) is 3.07. The molecule has 0 amide bonds. The molecule has 2 rings (SSSR count). The van der Waals surface area contributed by atoms with Crippen molar-refractivity contribution in [3.05, 3.63) is 24.2 Å². The Labute approximate surface area is 107 Å². The maximum Gasteiger partial charge on any atom is 0.340 e. The number of aryl methyl sites for hydroxylation is 1. The van der Waals surface area contributed by atoms with Crippen molar-refractivity contribution in [3.63, 3.8) is 0 Å². The first-order chi connectivity index (χ1) is 8.61. The highest BCUT2D eigenvalue weighted by Gasteiger charge is 2.13. The molecule has 0 unspecified atom stereocenters. The Morgan fingerprint density at radius 2 is 2.28 bits per heavy atom. The van der Waals surface area contributed by atoms with E-state index < -0.39 is 5.97 Å². The van der Waals surface area contributed by atoms with Crippen LogP contribution >= 0.6 is 11.8 Å². The highest BCUT2D eigenvalue weighted by molar-refractivity contribution is 7.99. The van der Waals surface area contributed by atoms with Gasteiger partial charge in [0, 0.05) is 7.05 Å². The molecular formula is C10H11N5O2S. The third-order valence-electron chi connectivity index (χ3n) is 2.18. The molecule has 2 aromatic heterocycles. The van der Waals surface area contributed by atoms with Crippen molar-refractivity contribution >= 4 is 23.4 Å². The number of hydrogen-bond acceptors (Lipinski definition) is 7. The molecule has 0 spiro atoms. The molecule has 2 heterocycles. The van der Waals surface area contributed by atoms with Crippen LogP contribution in [0.15, 0.2) is 28.8 Å². The minimum absolute atomic E-state index is 0.282. The SMILES string of the molecule is COC(=O)c1cc(Sc2ncnn2C)ncc1N. The number of rotatable bonds is 3. The van der Waals surface area contributed by atoms with Crippen LogP contribution in [0, 0.1) is 0 Å². The Balaban J connectivity index is 2.30. The Bertz CT molecular complexity index is 583. The second-order valence-electron chi connectivity index (χ2n) is 3.37. The zero-order chi connectivity index (χ0) is 13.1. The second-order valence-corrected chi connectivity index (χ2v) is 4.36. The van der Waals surface area contributed by atoms with Gasteiger partial charge in [-0.15, -0.1) is 0 Å². The number of methoxy groups -OCH3 is 1. The standard InChI is InChI=1S/C10H11N5O2S/c1-15-10(13-5-14-15)18-8-3-6(9(16)17-2)7(11)4-12-8/h3-5H,11H2,1-2H3. The van der Waals surface area contributed by atoms with Gasteiger partial charge < -0.3 is 10.5 Å². The normalized spacial score (nSPS) is 10.3. The van der Waals surface area contributed by atoms with E-state index in [1.807, 2.05) is 0 Å². The molecule has 8 heteroatoms. The summed E-state index contributed by atoms with van der Waals surface area (Å²) < 4.78 is 6.25. The lowest BCUT2D eigenvalue weighted by atomic mass is 10.2. The van der Waals surface area contributed by atoms with Crippen LogP contribution in [-0.2, 0) is 11.8 Å². The molecule has 2 N–H and O–H groups in total. The zero-order valence-electron chi connectivity index (χ0n) is 9.82. The lowest BCUT2D eigenvalue weighted by Crippen LogP contribution is -2.06. The van der Waals surface area contributed by atoms with Gasteiger partial charge in [-0.1, -0.05) is 0 Å². The third kappa shape index (κ3) is 2.43. The van der Waals surface area contributed by atoms with Crippen LogP contribution in [0.25, 0.3) is 0 Å². The van der Waals surface area contributed by atoms with E-state index in [4.69, 9.17) is 5.73 Å². The minimum Gasteiger partial charge on any atom is -0.465 e. The number of nitrogens with zero attached hydrogens (tertiary/aromatic N) is 4. The van der Waals surface area contributed by atoms with E-state index in [9.17, 15) is 4.79 Å². The van der Waals surface area contributed by atoms with Crippen molar-refractivity contribution in [1.82, 2.24) is 19.7 Å². The molecule has 0 aliphatic heterocycles. The van der Waals surface area contributed by atoms with Crippen molar-refractivity contribution in [1.29, 1.82) is 0 Å². The van der Waals surface area contributed by atoms with E-state index in [1.54, 1.807) is 17.8 Å². The van der Waals surface area contributed by atoms with Crippen LogP contribution in [0.1, 0.15) is 10.4 Å². The highest BCUT2D eigenvalue weighted by atomic mass is 32.2. The van der Waals surface area contributed by atoms with Crippen LogP contribution in [0.4, 0.5) is 5.69 Å². The van der Waals surface area contributed by atoms with Gasteiger partial charge in [0.05, 0.1) is 24.6 Å². The van der Waals surface area contributed by atoms with E-state index >= 15 is 0 Å². The molecule has 2 aromatic rings. The first-order valence-corrected chi connectivity index (χ1v) is 5.79. The van der Waals surface area contributed by atoms with Crippen molar-refractivity contribution in [2.75, 3.05) is 12.8 Å². The fraction of sp³-hybridized carbons (Fsp3) is 0.200. The number of aromatic nitrogens is 4. The van der Waals surface area contributed by atoms with Gasteiger partial charge in [-0.2, -0.15) is 5.10 Å². The number of ether oxygens (including phenoxy) is 1. The molecule has 94 valence electrons. The monoisotopic (exact) mass is 265 g/mol. The maximum absolute atomic E-state index is 11.5. The molecule has 0 aromatic carbocycles. The smallest absolute Gasteiger partial charge is 0.340 e. The molecular weight excluding hydrogens is 254 g/mol. The Morgan fingerprint density at radius 3 is 2.89 bits per heavy atom. The fourth-order valence-electron chi connectivity index (χ4n) is 1.26. The Kier molecular flexibility index (Phi) is 3.47. The predicted molar refractivity (Wildman–Crippen MR) is 65.1 cm³/mol. The van der Waals surface area contributed by atoms with E-state index in [-0.39, 0.29) is 11.3 Å². The van der Waals surface area contributed by atoms with Gasteiger partial charge in [-0.3, -0.25) is 0 Å². The van der Waals surface area contributed by atoms with Crippen LogP contribution in [0.3, 0.4) is 0 Å². The molecule has 0 atom stereocenters. The van der Waals surface area contributed by atoms with E-state index in [2.05, 4.69) is 19.8 Å².